The highest BCUT2D eigenvalue weighted by Gasteiger charge is 2.18. The van der Waals surface area contributed by atoms with Crippen LogP contribution >= 0.6 is 11.6 Å². The van der Waals surface area contributed by atoms with Crippen molar-refractivity contribution in [2.24, 2.45) is 0 Å². The number of ether oxygens (including phenoxy) is 1. The molecule has 1 saturated carbocycles. The van der Waals surface area contributed by atoms with Gasteiger partial charge in [-0.25, -0.2) is 0 Å². The summed E-state index contributed by atoms with van der Waals surface area (Å²) in [4.78, 5) is 10.5. The first kappa shape index (κ1) is 16.1. The fourth-order valence-electron chi connectivity index (χ4n) is 2.57. The van der Waals surface area contributed by atoms with Gasteiger partial charge in [-0.05, 0) is 56.8 Å². The highest BCUT2D eigenvalue weighted by atomic mass is 35.5. The molecular weight excluding hydrogens is 290 g/mol. The molecule has 0 heterocycles. The fourth-order valence-corrected chi connectivity index (χ4v) is 2.77. The summed E-state index contributed by atoms with van der Waals surface area (Å²) in [6.07, 6.45) is 5.84. The topological polar surface area (TPSA) is 58.6 Å². The first-order valence-corrected chi connectivity index (χ1v) is 7.90. The van der Waals surface area contributed by atoms with Gasteiger partial charge in [0.15, 0.2) is 0 Å². The number of halogens is 1. The minimum atomic E-state index is -0.759. The lowest BCUT2D eigenvalue weighted by molar-refractivity contribution is -0.137. The maximum absolute atomic E-state index is 10.5. The van der Waals surface area contributed by atoms with Crippen molar-refractivity contribution in [3.05, 3.63) is 28.8 Å². The van der Waals surface area contributed by atoms with Crippen molar-refractivity contribution >= 4 is 17.6 Å². The van der Waals surface area contributed by atoms with Crippen LogP contribution < -0.4 is 10.1 Å². The highest BCUT2D eigenvalue weighted by Crippen LogP contribution is 2.28. The summed E-state index contributed by atoms with van der Waals surface area (Å²) in [5, 5.41) is 12.5. The maximum Gasteiger partial charge on any atom is 0.303 e. The van der Waals surface area contributed by atoms with E-state index >= 15 is 0 Å². The zero-order valence-electron chi connectivity index (χ0n) is 12.1. The molecule has 0 unspecified atom stereocenters. The lowest BCUT2D eigenvalue weighted by Crippen LogP contribution is -2.18. The molecule has 116 valence electrons. The molecule has 1 aliphatic rings. The first-order valence-electron chi connectivity index (χ1n) is 7.53. The Bertz CT molecular complexity index is 473. The van der Waals surface area contributed by atoms with Gasteiger partial charge in [0.05, 0.1) is 6.10 Å². The van der Waals surface area contributed by atoms with Gasteiger partial charge >= 0.3 is 5.97 Å². The van der Waals surface area contributed by atoms with Crippen LogP contribution in [0.1, 0.15) is 44.1 Å². The van der Waals surface area contributed by atoms with Crippen LogP contribution in [0.4, 0.5) is 0 Å². The summed E-state index contributed by atoms with van der Waals surface area (Å²) in [7, 11) is 0. The summed E-state index contributed by atoms with van der Waals surface area (Å²) in [6, 6.07) is 5.69. The number of carboxylic acids is 1. The Labute approximate surface area is 130 Å². The second-order valence-corrected chi connectivity index (χ2v) is 5.89. The van der Waals surface area contributed by atoms with E-state index in [-0.39, 0.29) is 6.42 Å². The Hall–Kier alpha value is -1.26. The zero-order chi connectivity index (χ0) is 15.1. The van der Waals surface area contributed by atoms with Crippen LogP contribution in [0.25, 0.3) is 0 Å². The zero-order valence-corrected chi connectivity index (χ0v) is 12.9. The van der Waals surface area contributed by atoms with E-state index in [1.165, 1.54) is 12.8 Å². The van der Waals surface area contributed by atoms with Gasteiger partial charge in [-0.3, -0.25) is 4.79 Å². The Kier molecular flexibility index (Phi) is 6.33. The Morgan fingerprint density at radius 2 is 2.14 bits per heavy atom. The van der Waals surface area contributed by atoms with Crippen molar-refractivity contribution in [1.29, 1.82) is 0 Å². The number of hydrogen-bond acceptors (Lipinski definition) is 3. The number of rotatable bonds is 8. The lowest BCUT2D eigenvalue weighted by atomic mass is 10.2. The molecule has 1 aromatic rings. The third-order valence-corrected chi connectivity index (χ3v) is 3.91. The van der Waals surface area contributed by atoms with Gasteiger partial charge in [0.1, 0.15) is 5.75 Å². The molecule has 1 aromatic carbocycles. The molecule has 1 aliphatic carbocycles. The van der Waals surface area contributed by atoms with E-state index in [9.17, 15) is 4.79 Å². The second kappa shape index (κ2) is 8.25. The molecule has 4 nitrogen and oxygen atoms in total. The minimum Gasteiger partial charge on any atom is -0.490 e. The third kappa shape index (κ3) is 5.56. The molecule has 0 amide bonds. The van der Waals surface area contributed by atoms with Gasteiger partial charge in [0.25, 0.3) is 0 Å². The molecule has 0 radical (unpaired) electrons. The molecule has 0 bridgehead atoms. The standard InChI is InChI=1S/C16H22ClNO3/c17-13-7-8-15(21-14-4-1-2-5-14)12(10-13)11-18-9-3-6-16(19)20/h7-8,10,14,18H,1-6,9,11H2,(H,19,20). The average molecular weight is 312 g/mol. The van der Waals surface area contributed by atoms with E-state index in [1.54, 1.807) is 0 Å². The normalized spacial score (nSPS) is 15.3. The maximum atomic E-state index is 10.5. The smallest absolute Gasteiger partial charge is 0.303 e. The van der Waals surface area contributed by atoms with Gasteiger partial charge in [-0.1, -0.05) is 11.6 Å². The van der Waals surface area contributed by atoms with E-state index in [0.717, 1.165) is 24.2 Å². The van der Waals surface area contributed by atoms with Crippen LogP contribution in [0.15, 0.2) is 18.2 Å². The number of nitrogens with one attached hydrogen (secondary N) is 1. The Balaban J connectivity index is 1.87. The number of benzene rings is 1. The summed E-state index contributed by atoms with van der Waals surface area (Å²) in [5.41, 5.74) is 1.03. The SMILES string of the molecule is O=C(O)CCCNCc1cc(Cl)ccc1OC1CCCC1. The quantitative estimate of drug-likeness (QED) is 0.720. The van der Waals surface area contributed by atoms with Gasteiger partial charge in [-0.2, -0.15) is 0 Å². The molecule has 1 fully saturated rings. The molecule has 5 heteroatoms. The number of carbonyl (C=O) groups is 1. The van der Waals surface area contributed by atoms with Crippen molar-refractivity contribution in [2.45, 2.75) is 51.2 Å². The highest BCUT2D eigenvalue weighted by molar-refractivity contribution is 6.30. The van der Waals surface area contributed by atoms with E-state index in [2.05, 4.69) is 5.32 Å². The third-order valence-electron chi connectivity index (χ3n) is 3.68. The van der Waals surface area contributed by atoms with Crippen molar-refractivity contribution in [1.82, 2.24) is 5.32 Å². The Morgan fingerprint density at radius 3 is 2.86 bits per heavy atom. The number of hydrogen-bond donors (Lipinski definition) is 2. The summed E-state index contributed by atoms with van der Waals surface area (Å²) in [5.74, 6) is 0.127. The summed E-state index contributed by atoms with van der Waals surface area (Å²) < 4.78 is 6.06. The van der Waals surface area contributed by atoms with Crippen molar-refractivity contribution in [3.63, 3.8) is 0 Å². The monoisotopic (exact) mass is 311 g/mol. The van der Waals surface area contributed by atoms with Crippen LogP contribution in [0.5, 0.6) is 5.75 Å². The van der Waals surface area contributed by atoms with Gasteiger partial charge < -0.3 is 15.2 Å². The average Bonchev–Trinajstić information content (AvgIpc) is 2.94. The van der Waals surface area contributed by atoms with Gasteiger partial charge in [-0.15, -0.1) is 0 Å². The lowest BCUT2D eigenvalue weighted by Gasteiger charge is -2.17. The van der Waals surface area contributed by atoms with Crippen LogP contribution in [0.3, 0.4) is 0 Å². The molecule has 2 N–H and O–H groups in total. The van der Waals surface area contributed by atoms with Crippen LogP contribution in [-0.2, 0) is 11.3 Å². The second-order valence-electron chi connectivity index (χ2n) is 5.45. The molecule has 0 spiro atoms. The van der Waals surface area contributed by atoms with Crippen LogP contribution in [-0.4, -0.2) is 23.7 Å². The van der Waals surface area contributed by atoms with Crippen molar-refractivity contribution in [3.8, 4) is 5.75 Å². The van der Waals surface area contributed by atoms with E-state index in [4.69, 9.17) is 21.4 Å². The minimum absolute atomic E-state index is 0.188. The first-order chi connectivity index (χ1) is 10.1. The van der Waals surface area contributed by atoms with Gasteiger partial charge in [0.2, 0.25) is 0 Å². The van der Waals surface area contributed by atoms with E-state index in [0.29, 0.717) is 30.6 Å². The number of carboxylic acid groups (broad SMARTS) is 1. The van der Waals surface area contributed by atoms with E-state index in [1.807, 2.05) is 18.2 Å². The predicted molar refractivity (Wildman–Crippen MR) is 82.9 cm³/mol. The molecule has 0 aromatic heterocycles. The van der Waals surface area contributed by atoms with Crippen LogP contribution in [0, 0.1) is 0 Å². The van der Waals surface area contributed by atoms with Gasteiger partial charge in [0, 0.05) is 23.6 Å². The van der Waals surface area contributed by atoms with E-state index < -0.39 is 5.97 Å². The molecule has 0 aliphatic heterocycles. The summed E-state index contributed by atoms with van der Waals surface area (Å²) in [6.45, 7) is 1.31. The Morgan fingerprint density at radius 1 is 1.38 bits per heavy atom. The predicted octanol–water partition coefficient (Wildman–Crippen LogP) is 3.62. The molecule has 21 heavy (non-hydrogen) atoms. The molecule has 2 rings (SSSR count). The van der Waals surface area contributed by atoms with Crippen LogP contribution in [0.2, 0.25) is 5.02 Å². The van der Waals surface area contributed by atoms with Crippen molar-refractivity contribution < 1.29 is 14.6 Å². The fraction of sp³-hybridized carbons (Fsp3) is 0.562. The molecule has 0 saturated heterocycles. The molecular formula is C16H22ClNO3. The number of aliphatic carboxylic acids is 1. The summed E-state index contributed by atoms with van der Waals surface area (Å²) >= 11 is 6.05. The van der Waals surface area contributed by atoms with Crippen molar-refractivity contribution in [2.75, 3.05) is 6.54 Å². The molecule has 0 atom stereocenters. The largest absolute Gasteiger partial charge is 0.490 e.